The first kappa shape index (κ1) is 13.2. The van der Waals surface area contributed by atoms with Crippen LogP contribution in [0.4, 0.5) is 0 Å². The van der Waals surface area contributed by atoms with Crippen molar-refractivity contribution in [3.63, 3.8) is 0 Å². The summed E-state index contributed by atoms with van der Waals surface area (Å²) in [6.07, 6.45) is 0.821. The molecule has 3 aromatic rings. The first-order valence-corrected chi connectivity index (χ1v) is 6.92. The standard InChI is InChI=1S/C16H11Cl2NO/c17-15-13-7-6-12(10-20)8-14(13)19(16(15)18)9-11-4-2-1-3-5-11/h1-8,10H,9H2. The predicted octanol–water partition coefficient (Wildman–Crippen LogP) is 4.81. The van der Waals surface area contributed by atoms with Crippen LogP contribution in [0.2, 0.25) is 10.2 Å². The second-order valence-corrected chi connectivity index (χ2v) is 5.31. The van der Waals surface area contributed by atoms with E-state index in [1.165, 1.54) is 0 Å². The van der Waals surface area contributed by atoms with Crippen LogP contribution in [0.3, 0.4) is 0 Å². The van der Waals surface area contributed by atoms with Crippen LogP contribution in [0.1, 0.15) is 15.9 Å². The average molecular weight is 304 g/mol. The lowest BCUT2D eigenvalue weighted by Crippen LogP contribution is -1.99. The number of hydrogen-bond donors (Lipinski definition) is 0. The Morgan fingerprint density at radius 2 is 1.80 bits per heavy atom. The number of hydrogen-bond acceptors (Lipinski definition) is 1. The van der Waals surface area contributed by atoms with Crippen LogP contribution in [-0.2, 0) is 6.54 Å². The van der Waals surface area contributed by atoms with Crippen molar-refractivity contribution in [2.75, 3.05) is 0 Å². The van der Waals surface area contributed by atoms with Gasteiger partial charge in [-0.25, -0.2) is 0 Å². The van der Waals surface area contributed by atoms with Crippen molar-refractivity contribution >= 4 is 40.4 Å². The maximum atomic E-state index is 10.9. The fourth-order valence-electron chi connectivity index (χ4n) is 2.29. The fourth-order valence-corrected chi connectivity index (χ4v) is 2.80. The van der Waals surface area contributed by atoms with Crippen molar-refractivity contribution in [2.45, 2.75) is 6.54 Å². The van der Waals surface area contributed by atoms with Gasteiger partial charge in [0.05, 0.1) is 10.5 Å². The van der Waals surface area contributed by atoms with Crippen LogP contribution in [0.5, 0.6) is 0 Å². The number of rotatable bonds is 3. The molecule has 0 saturated heterocycles. The molecule has 0 saturated carbocycles. The van der Waals surface area contributed by atoms with Gasteiger partial charge in [-0.15, -0.1) is 0 Å². The van der Waals surface area contributed by atoms with Crippen molar-refractivity contribution in [3.8, 4) is 0 Å². The van der Waals surface area contributed by atoms with Gasteiger partial charge in [-0.3, -0.25) is 4.79 Å². The van der Waals surface area contributed by atoms with Crippen LogP contribution in [-0.4, -0.2) is 10.9 Å². The largest absolute Gasteiger partial charge is 0.326 e. The smallest absolute Gasteiger partial charge is 0.150 e. The molecule has 20 heavy (non-hydrogen) atoms. The highest BCUT2D eigenvalue weighted by Gasteiger charge is 2.14. The molecule has 3 rings (SSSR count). The molecule has 1 heterocycles. The zero-order valence-corrected chi connectivity index (χ0v) is 12.0. The molecular formula is C16H11Cl2NO. The lowest BCUT2D eigenvalue weighted by atomic mass is 10.2. The third-order valence-corrected chi connectivity index (χ3v) is 4.16. The average Bonchev–Trinajstić information content (AvgIpc) is 2.73. The second-order valence-electron chi connectivity index (χ2n) is 4.57. The molecule has 100 valence electrons. The molecule has 4 heteroatoms. The van der Waals surface area contributed by atoms with Gasteiger partial charge < -0.3 is 4.57 Å². The molecule has 0 N–H and O–H groups in total. The van der Waals surface area contributed by atoms with E-state index >= 15 is 0 Å². The molecule has 0 unspecified atom stereocenters. The number of carbonyl (C=O) groups is 1. The SMILES string of the molecule is O=Cc1ccc2c(Cl)c(Cl)n(Cc3ccccc3)c2c1. The van der Waals surface area contributed by atoms with E-state index in [-0.39, 0.29) is 0 Å². The summed E-state index contributed by atoms with van der Waals surface area (Å²) in [5.41, 5.74) is 2.60. The van der Waals surface area contributed by atoms with Crippen molar-refractivity contribution in [1.82, 2.24) is 4.57 Å². The number of nitrogens with zero attached hydrogens (tertiary/aromatic N) is 1. The molecular weight excluding hydrogens is 293 g/mol. The number of fused-ring (bicyclic) bond motifs is 1. The van der Waals surface area contributed by atoms with Gasteiger partial charge in [0, 0.05) is 17.5 Å². The van der Waals surface area contributed by atoms with E-state index in [9.17, 15) is 4.79 Å². The first-order chi connectivity index (χ1) is 9.70. The Morgan fingerprint density at radius 3 is 2.50 bits per heavy atom. The number of carbonyl (C=O) groups excluding carboxylic acids is 1. The fraction of sp³-hybridized carbons (Fsp3) is 0.0625. The van der Waals surface area contributed by atoms with Crippen LogP contribution in [0.15, 0.2) is 48.5 Å². The van der Waals surface area contributed by atoms with E-state index in [4.69, 9.17) is 23.2 Å². The number of aldehydes is 1. The normalized spacial score (nSPS) is 10.9. The van der Waals surface area contributed by atoms with Crippen molar-refractivity contribution in [1.29, 1.82) is 0 Å². The Balaban J connectivity index is 2.18. The van der Waals surface area contributed by atoms with E-state index in [0.717, 1.165) is 22.8 Å². The van der Waals surface area contributed by atoms with E-state index < -0.39 is 0 Å². The van der Waals surface area contributed by atoms with Crippen LogP contribution in [0, 0.1) is 0 Å². The highest BCUT2D eigenvalue weighted by molar-refractivity contribution is 6.45. The van der Waals surface area contributed by atoms with Gasteiger partial charge in [-0.2, -0.15) is 0 Å². The summed E-state index contributed by atoms with van der Waals surface area (Å²) >= 11 is 12.6. The Labute approximate surface area is 126 Å². The van der Waals surface area contributed by atoms with Crippen LogP contribution in [0.25, 0.3) is 10.9 Å². The molecule has 0 aliphatic heterocycles. The summed E-state index contributed by atoms with van der Waals surface area (Å²) in [4.78, 5) is 10.9. The monoisotopic (exact) mass is 303 g/mol. The summed E-state index contributed by atoms with van der Waals surface area (Å²) in [6.45, 7) is 0.616. The molecule has 0 atom stereocenters. The minimum atomic E-state index is 0.494. The summed E-state index contributed by atoms with van der Waals surface area (Å²) in [5.74, 6) is 0. The predicted molar refractivity (Wildman–Crippen MR) is 82.9 cm³/mol. The Hall–Kier alpha value is -1.77. The molecule has 0 spiro atoms. The Kier molecular flexibility index (Phi) is 3.51. The quantitative estimate of drug-likeness (QED) is 0.636. The van der Waals surface area contributed by atoms with E-state index in [0.29, 0.717) is 22.3 Å². The molecule has 2 nitrogen and oxygen atoms in total. The second kappa shape index (κ2) is 5.31. The van der Waals surface area contributed by atoms with Crippen molar-refractivity contribution < 1.29 is 4.79 Å². The Bertz CT molecular complexity index is 778. The van der Waals surface area contributed by atoms with E-state index in [1.807, 2.05) is 47.0 Å². The van der Waals surface area contributed by atoms with Crippen LogP contribution >= 0.6 is 23.2 Å². The lowest BCUT2D eigenvalue weighted by Gasteiger charge is -2.07. The summed E-state index contributed by atoms with van der Waals surface area (Å²) in [7, 11) is 0. The minimum absolute atomic E-state index is 0.494. The molecule has 0 radical (unpaired) electrons. The maximum absolute atomic E-state index is 10.9. The number of benzene rings is 2. The van der Waals surface area contributed by atoms with Gasteiger partial charge in [0.2, 0.25) is 0 Å². The third kappa shape index (κ3) is 2.21. The zero-order valence-electron chi connectivity index (χ0n) is 10.5. The molecule has 1 aromatic heterocycles. The molecule has 0 aliphatic rings. The minimum Gasteiger partial charge on any atom is -0.326 e. The van der Waals surface area contributed by atoms with Crippen molar-refractivity contribution in [2.24, 2.45) is 0 Å². The summed E-state index contributed by atoms with van der Waals surface area (Å²) < 4.78 is 1.92. The first-order valence-electron chi connectivity index (χ1n) is 6.17. The molecule has 0 amide bonds. The molecule has 2 aromatic carbocycles. The molecule has 0 fully saturated rings. The Morgan fingerprint density at radius 1 is 1.05 bits per heavy atom. The van der Waals surface area contributed by atoms with E-state index in [1.54, 1.807) is 6.07 Å². The maximum Gasteiger partial charge on any atom is 0.150 e. The van der Waals surface area contributed by atoms with Crippen LogP contribution < -0.4 is 0 Å². The number of aromatic nitrogens is 1. The highest BCUT2D eigenvalue weighted by Crippen LogP contribution is 2.35. The van der Waals surface area contributed by atoms with Gasteiger partial charge >= 0.3 is 0 Å². The van der Waals surface area contributed by atoms with Gasteiger partial charge in [-0.1, -0.05) is 65.7 Å². The number of halogens is 2. The summed E-state index contributed by atoms with van der Waals surface area (Å²) in [5, 5.41) is 1.88. The zero-order chi connectivity index (χ0) is 14.1. The molecule has 0 aliphatic carbocycles. The lowest BCUT2D eigenvalue weighted by molar-refractivity contribution is 0.112. The van der Waals surface area contributed by atoms with Gasteiger partial charge in [0.1, 0.15) is 11.4 Å². The third-order valence-electron chi connectivity index (χ3n) is 3.29. The van der Waals surface area contributed by atoms with E-state index in [2.05, 4.69) is 0 Å². The van der Waals surface area contributed by atoms with Gasteiger partial charge in [0.25, 0.3) is 0 Å². The summed E-state index contributed by atoms with van der Waals surface area (Å²) in [6, 6.07) is 15.4. The highest BCUT2D eigenvalue weighted by atomic mass is 35.5. The molecule has 0 bridgehead atoms. The van der Waals surface area contributed by atoms with Crippen molar-refractivity contribution in [3.05, 3.63) is 69.8 Å². The van der Waals surface area contributed by atoms with Gasteiger partial charge in [0.15, 0.2) is 0 Å². The van der Waals surface area contributed by atoms with Gasteiger partial charge in [-0.05, 0) is 11.6 Å². The topological polar surface area (TPSA) is 22.0 Å².